The fraction of sp³-hybridized carbons (Fsp3) is 0.211. The molecule has 0 aliphatic heterocycles. The standard InChI is InChI=1S/C19H20N2/c1-14-5-3-6-17(11-14)15(2)21-13-16-8-9-19-18(12-16)7-4-10-20-19/h3-12,15,21H,13H2,1-2H3/t15-/m1/s1. The summed E-state index contributed by atoms with van der Waals surface area (Å²) in [5, 5.41) is 4.78. The molecule has 0 radical (unpaired) electrons. The molecule has 2 nitrogen and oxygen atoms in total. The summed E-state index contributed by atoms with van der Waals surface area (Å²) < 4.78 is 0. The SMILES string of the molecule is Cc1cccc([C@@H](C)NCc2ccc3ncccc3c2)c1. The largest absolute Gasteiger partial charge is 0.306 e. The number of aromatic nitrogens is 1. The predicted octanol–water partition coefficient (Wildman–Crippen LogP) is 4.39. The first kappa shape index (κ1) is 13.8. The lowest BCUT2D eigenvalue weighted by molar-refractivity contribution is 0.574. The van der Waals surface area contributed by atoms with Crippen molar-refractivity contribution in [2.75, 3.05) is 0 Å². The molecule has 21 heavy (non-hydrogen) atoms. The van der Waals surface area contributed by atoms with E-state index in [2.05, 4.69) is 72.7 Å². The molecule has 0 fully saturated rings. The number of rotatable bonds is 4. The van der Waals surface area contributed by atoms with Crippen LogP contribution in [0.3, 0.4) is 0 Å². The number of hydrogen-bond acceptors (Lipinski definition) is 2. The van der Waals surface area contributed by atoms with Gasteiger partial charge in [0.15, 0.2) is 0 Å². The highest BCUT2D eigenvalue weighted by Crippen LogP contribution is 2.16. The van der Waals surface area contributed by atoms with Crippen LogP contribution in [0.25, 0.3) is 10.9 Å². The molecule has 2 aromatic carbocycles. The van der Waals surface area contributed by atoms with E-state index in [1.807, 2.05) is 12.3 Å². The first-order chi connectivity index (χ1) is 10.2. The summed E-state index contributed by atoms with van der Waals surface area (Å²) >= 11 is 0. The Bertz CT molecular complexity index is 749. The molecule has 1 atom stereocenters. The van der Waals surface area contributed by atoms with Gasteiger partial charge in [-0.05, 0) is 43.2 Å². The average Bonchev–Trinajstić information content (AvgIpc) is 2.52. The summed E-state index contributed by atoms with van der Waals surface area (Å²) in [6, 6.07) is 19.5. The molecule has 1 N–H and O–H groups in total. The summed E-state index contributed by atoms with van der Waals surface area (Å²) in [5.74, 6) is 0. The van der Waals surface area contributed by atoms with Crippen LogP contribution in [0, 0.1) is 6.92 Å². The lowest BCUT2D eigenvalue weighted by Crippen LogP contribution is -2.18. The van der Waals surface area contributed by atoms with Crippen molar-refractivity contribution in [2.24, 2.45) is 0 Å². The summed E-state index contributed by atoms with van der Waals surface area (Å²) in [5.41, 5.74) is 4.97. The van der Waals surface area contributed by atoms with Gasteiger partial charge >= 0.3 is 0 Å². The second-order valence-electron chi connectivity index (χ2n) is 5.55. The zero-order chi connectivity index (χ0) is 14.7. The van der Waals surface area contributed by atoms with Gasteiger partial charge in [-0.1, -0.05) is 42.0 Å². The third-order valence-electron chi connectivity index (χ3n) is 3.82. The molecule has 0 unspecified atom stereocenters. The minimum atomic E-state index is 0.342. The van der Waals surface area contributed by atoms with Gasteiger partial charge in [0, 0.05) is 24.2 Å². The van der Waals surface area contributed by atoms with Gasteiger partial charge in [-0.3, -0.25) is 4.98 Å². The molecule has 106 valence electrons. The van der Waals surface area contributed by atoms with Crippen molar-refractivity contribution in [2.45, 2.75) is 26.4 Å². The summed E-state index contributed by atoms with van der Waals surface area (Å²) in [7, 11) is 0. The zero-order valence-electron chi connectivity index (χ0n) is 12.5. The molecule has 0 aliphatic rings. The molecule has 0 spiro atoms. The number of aryl methyl sites for hydroxylation is 1. The molecule has 2 heteroatoms. The maximum atomic E-state index is 4.35. The van der Waals surface area contributed by atoms with Crippen LogP contribution in [-0.2, 0) is 6.54 Å². The van der Waals surface area contributed by atoms with E-state index in [-0.39, 0.29) is 0 Å². The van der Waals surface area contributed by atoms with Crippen molar-refractivity contribution in [3.63, 3.8) is 0 Å². The summed E-state index contributed by atoms with van der Waals surface area (Å²) in [4.78, 5) is 4.35. The van der Waals surface area contributed by atoms with Crippen LogP contribution in [0.4, 0.5) is 0 Å². The van der Waals surface area contributed by atoms with Crippen LogP contribution in [0.1, 0.15) is 29.7 Å². The lowest BCUT2D eigenvalue weighted by Gasteiger charge is -2.15. The lowest BCUT2D eigenvalue weighted by atomic mass is 10.1. The topological polar surface area (TPSA) is 24.9 Å². The van der Waals surface area contributed by atoms with Crippen LogP contribution in [-0.4, -0.2) is 4.98 Å². The molecule has 1 heterocycles. The Morgan fingerprint density at radius 3 is 2.81 bits per heavy atom. The summed E-state index contributed by atoms with van der Waals surface area (Å²) in [6.45, 7) is 5.20. The van der Waals surface area contributed by atoms with Gasteiger partial charge in [-0.15, -0.1) is 0 Å². The van der Waals surface area contributed by atoms with E-state index in [0.717, 1.165) is 12.1 Å². The highest BCUT2D eigenvalue weighted by atomic mass is 14.9. The maximum absolute atomic E-state index is 4.35. The second-order valence-corrected chi connectivity index (χ2v) is 5.55. The van der Waals surface area contributed by atoms with Crippen molar-refractivity contribution in [1.82, 2.24) is 10.3 Å². The molecule has 0 bridgehead atoms. The molecular formula is C19H20N2. The number of nitrogens with one attached hydrogen (secondary N) is 1. The quantitative estimate of drug-likeness (QED) is 0.764. The van der Waals surface area contributed by atoms with E-state index < -0.39 is 0 Å². The number of fused-ring (bicyclic) bond motifs is 1. The highest BCUT2D eigenvalue weighted by Gasteiger charge is 2.05. The van der Waals surface area contributed by atoms with E-state index in [9.17, 15) is 0 Å². The summed E-state index contributed by atoms with van der Waals surface area (Å²) in [6.07, 6.45) is 1.83. The highest BCUT2D eigenvalue weighted by molar-refractivity contribution is 5.78. The predicted molar refractivity (Wildman–Crippen MR) is 88.2 cm³/mol. The van der Waals surface area contributed by atoms with Gasteiger partial charge in [-0.2, -0.15) is 0 Å². The van der Waals surface area contributed by atoms with Crippen molar-refractivity contribution >= 4 is 10.9 Å². The van der Waals surface area contributed by atoms with Gasteiger partial charge in [0.25, 0.3) is 0 Å². The number of pyridine rings is 1. The van der Waals surface area contributed by atoms with E-state index in [1.54, 1.807) is 0 Å². The third kappa shape index (κ3) is 3.29. The Morgan fingerprint density at radius 2 is 1.95 bits per heavy atom. The first-order valence-electron chi connectivity index (χ1n) is 7.36. The minimum absolute atomic E-state index is 0.342. The molecule has 3 rings (SSSR count). The Balaban J connectivity index is 1.71. The van der Waals surface area contributed by atoms with Crippen molar-refractivity contribution in [1.29, 1.82) is 0 Å². The van der Waals surface area contributed by atoms with Gasteiger partial charge in [0.05, 0.1) is 5.52 Å². The van der Waals surface area contributed by atoms with E-state index in [4.69, 9.17) is 0 Å². The van der Waals surface area contributed by atoms with Crippen LogP contribution in [0.15, 0.2) is 60.8 Å². The maximum Gasteiger partial charge on any atom is 0.0702 e. The van der Waals surface area contributed by atoms with Gasteiger partial charge < -0.3 is 5.32 Å². The average molecular weight is 276 g/mol. The van der Waals surface area contributed by atoms with Crippen molar-refractivity contribution in [3.05, 3.63) is 77.5 Å². The Hall–Kier alpha value is -2.19. The van der Waals surface area contributed by atoms with Crippen molar-refractivity contribution in [3.8, 4) is 0 Å². The van der Waals surface area contributed by atoms with Gasteiger partial charge in [0.2, 0.25) is 0 Å². The Labute approximate surface area is 125 Å². The van der Waals surface area contributed by atoms with Crippen LogP contribution in [0.2, 0.25) is 0 Å². The van der Waals surface area contributed by atoms with Crippen molar-refractivity contribution < 1.29 is 0 Å². The fourth-order valence-corrected chi connectivity index (χ4v) is 2.56. The normalized spacial score (nSPS) is 12.5. The Morgan fingerprint density at radius 1 is 1.05 bits per heavy atom. The first-order valence-corrected chi connectivity index (χ1v) is 7.36. The molecular weight excluding hydrogens is 256 g/mol. The van der Waals surface area contributed by atoms with E-state index in [1.165, 1.54) is 22.1 Å². The van der Waals surface area contributed by atoms with Crippen LogP contribution >= 0.6 is 0 Å². The van der Waals surface area contributed by atoms with Crippen LogP contribution in [0.5, 0.6) is 0 Å². The molecule has 0 saturated carbocycles. The molecule has 0 aliphatic carbocycles. The number of hydrogen-bond donors (Lipinski definition) is 1. The van der Waals surface area contributed by atoms with Gasteiger partial charge in [0.1, 0.15) is 0 Å². The van der Waals surface area contributed by atoms with Gasteiger partial charge in [-0.25, -0.2) is 0 Å². The monoisotopic (exact) mass is 276 g/mol. The van der Waals surface area contributed by atoms with Crippen LogP contribution < -0.4 is 5.32 Å². The molecule has 0 amide bonds. The number of nitrogens with zero attached hydrogens (tertiary/aromatic N) is 1. The zero-order valence-corrected chi connectivity index (χ0v) is 12.5. The Kier molecular flexibility index (Phi) is 3.98. The van der Waals surface area contributed by atoms with E-state index in [0.29, 0.717) is 6.04 Å². The second kappa shape index (κ2) is 6.06. The smallest absolute Gasteiger partial charge is 0.0702 e. The molecule has 1 aromatic heterocycles. The van der Waals surface area contributed by atoms with E-state index >= 15 is 0 Å². The molecule has 3 aromatic rings. The fourth-order valence-electron chi connectivity index (χ4n) is 2.56. The molecule has 0 saturated heterocycles. The third-order valence-corrected chi connectivity index (χ3v) is 3.82. The minimum Gasteiger partial charge on any atom is -0.306 e. The number of benzene rings is 2.